The summed E-state index contributed by atoms with van der Waals surface area (Å²) in [4.78, 5) is 15.9. The van der Waals surface area contributed by atoms with E-state index in [9.17, 15) is 4.79 Å². The molecule has 0 unspecified atom stereocenters. The van der Waals surface area contributed by atoms with Crippen LogP contribution in [0.15, 0.2) is 64.4 Å². The van der Waals surface area contributed by atoms with E-state index in [2.05, 4.69) is 20.5 Å². The van der Waals surface area contributed by atoms with Crippen LogP contribution in [0.1, 0.15) is 0 Å². The predicted octanol–water partition coefficient (Wildman–Crippen LogP) is 2.86. The lowest BCUT2D eigenvalue weighted by Crippen LogP contribution is -2.13. The third kappa shape index (κ3) is 3.70. The Labute approximate surface area is 131 Å². The van der Waals surface area contributed by atoms with Crippen molar-refractivity contribution in [2.45, 2.75) is 5.03 Å². The average Bonchev–Trinajstić information content (AvgIpc) is 3.07. The highest BCUT2D eigenvalue weighted by Crippen LogP contribution is 2.18. The van der Waals surface area contributed by atoms with Crippen LogP contribution in [0.3, 0.4) is 0 Å². The summed E-state index contributed by atoms with van der Waals surface area (Å²) in [7, 11) is 0. The molecule has 0 aromatic carbocycles. The summed E-state index contributed by atoms with van der Waals surface area (Å²) in [6.45, 7) is 0. The van der Waals surface area contributed by atoms with Gasteiger partial charge in [-0.2, -0.15) is 0 Å². The molecule has 22 heavy (non-hydrogen) atoms. The first-order valence-corrected chi connectivity index (χ1v) is 7.51. The molecule has 0 aliphatic rings. The lowest BCUT2D eigenvalue weighted by molar-refractivity contribution is -0.113. The molecule has 0 radical (unpaired) electrons. The van der Waals surface area contributed by atoms with Crippen molar-refractivity contribution in [3.05, 3.63) is 54.9 Å². The van der Waals surface area contributed by atoms with Gasteiger partial charge in [-0.15, -0.1) is 10.2 Å². The molecule has 3 rings (SSSR count). The molecule has 0 fully saturated rings. The van der Waals surface area contributed by atoms with Crippen molar-refractivity contribution in [1.82, 2.24) is 15.2 Å². The molecule has 7 heteroatoms. The number of thioether (sulfide) groups is 1. The van der Waals surface area contributed by atoms with Crippen LogP contribution < -0.4 is 5.32 Å². The van der Waals surface area contributed by atoms with Crippen LogP contribution in [0.4, 0.5) is 5.88 Å². The van der Waals surface area contributed by atoms with Crippen LogP contribution in [-0.2, 0) is 4.79 Å². The number of furan rings is 1. The van der Waals surface area contributed by atoms with Gasteiger partial charge in [0.2, 0.25) is 5.91 Å². The number of aromatic nitrogens is 3. The molecule has 1 N–H and O–H groups in total. The monoisotopic (exact) mass is 312 g/mol. The minimum atomic E-state index is -0.157. The van der Waals surface area contributed by atoms with E-state index in [4.69, 9.17) is 4.42 Å². The molecule has 0 atom stereocenters. The van der Waals surface area contributed by atoms with E-state index in [0.717, 1.165) is 5.69 Å². The summed E-state index contributed by atoms with van der Waals surface area (Å²) in [5.41, 5.74) is 1.46. The van der Waals surface area contributed by atoms with Gasteiger partial charge in [-0.05, 0) is 30.3 Å². The molecule has 110 valence electrons. The molecule has 0 aliphatic heterocycles. The fourth-order valence-corrected chi connectivity index (χ4v) is 2.32. The van der Waals surface area contributed by atoms with Crippen LogP contribution in [0.25, 0.3) is 11.4 Å². The molecule has 3 heterocycles. The van der Waals surface area contributed by atoms with Gasteiger partial charge in [0, 0.05) is 12.3 Å². The van der Waals surface area contributed by atoms with Crippen LogP contribution in [0.2, 0.25) is 0 Å². The van der Waals surface area contributed by atoms with Gasteiger partial charge in [-0.25, -0.2) is 0 Å². The smallest absolute Gasteiger partial charge is 0.237 e. The third-order valence-corrected chi connectivity index (χ3v) is 3.62. The first kappa shape index (κ1) is 14.3. The van der Waals surface area contributed by atoms with Crippen molar-refractivity contribution in [2.24, 2.45) is 0 Å². The van der Waals surface area contributed by atoms with Crippen molar-refractivity contribution < 1.29 is 9.21 Å². The van der Waals surface area contributed by atoms with Gasteiger partial charge >= 0.3 is 0 Å². The minimum absolute atomic E-state index is 0.157. The first-order chi connectivity index (χ1) is 10.8. The van der Waals surface area contributed by atoms with Gasteiger partial charge in [0.25, 0.3) is 0 Å². The van der Waals surface area contributed by atoms with E-state index in [-0.39, 0.29) is 11.7 Å². The number of rotatable bonds is 5. The standard InChI is InChI=1S/C15H12N4O2S/c20-13(17-14-5-3-9-21-14)10-22-15-7-6-12(18-19-15)11-4-1-2-8-16-11/h1-9H,10H2,(H,17,20). The van der Waals surface area contributed by atoms with Crippen molar-refractivity contribution in [2.75, 3.05) is 11.1 Å². The molecule has 1 amide bonds. The van der Waals surface area contributed by atoms with Gasteiger partial charge in [0.15, 0.2) is 5.88 Å². The number of nitrogens with one attached hydrogen (secondary N) is 1. The summed E-state index contributed by atoms with van der Waals surface area (Å²) < 4.78 is 5.04. The summed E-state index contributed by atoms with van der Waals surface area (Å²) in [6, 6.07) is 12.7. The van der Waals surface area contributed by atoms with Crippen LogP contribution in [-0.4, -0.2) is 26.8 Å². The highest BCUT2D eigenvalue weighted by molar-refractivity contribution is 7.99. The Bertz CT molecular complexity index is 730. The maximum atomic E-state index is 11.7. The van der Waals surface area contributed by atoms with E-state index in [1.165, 1.54) is 18.0 Å². The zero-order valence-electron chi connectivity index (χ0n) is 11.5. The number of carbonyl (C=O) groups excluding carboxylic acids is 1. The summed E-state index contributed by atoms with van der Waals surface area (Å²) in [5.74, 6) is 0.510. The molecular formula is C15H12N4O2S. The normalized spacial score (nSPS) is 10.4. The lowest BCUT2D eigenvalue weighted by Gasteiger charge is -2.02. The molecule has 6 nitrogen and oxygen atoms in total. The molecular weight excluding hydrogens is 300 g/mol. The van der Waals surface area contributed by atoms with E-state index in [1.54, 1.807) is 18.3 Å². The summed E-state index contributed by atoms with van der Waals surface area (Å²) >= 11 is 1.31. The molecule has 0 saturated heterocycles. The van der Waals surface area contributed by atoms with Gasteiger partial charge in [-0.3, -0.25) is 15.1 Å². The number of nitrogens with zero attached hydrogens (tertiary/aromatic N) is 3. The first-order valence-electron chi connectivity index (χ1n) is 6.52. The summed E-state index contributed by atoms with van der Waals surface area (Å²) in [6.07, 6.45) is 3.21. The molecule has 0 aliphatic carbocycles. The molecule has 3 aromatic rings. The molecule has 0 saturated carbocycles. The van der Waals surface area contributed by atoms with Crippen molar-refractivity contribution >= 4 is 23.6 Å². The SMILES string of the molecule is O=C(CSc1ccc(-c2ccccn2)nn1)Nc1ccco1. The van der Waals surface area contributed by atoms with E-state index in [1.807, 2.05) is 30.3 Å². The van der Waals surface area contributed by atoms with E-state index in [0.29, 0.717) is 16.6 Å². The zero-order valence-corrected chi connectivity index (χ0v) is 12.3. The Morgan fingerprint density at radius 2 is 2.05 bits per heavy atom. The van der Waals surface area contributed by atoms with Crippen LogP contribution >= 0.6 is 11.8 Å². The highest BCUT2D eigenvalue weighted by atomic mass is 32.2. The molecule has 3 aromatic heterocycles. The van der Waals surface area contributed by atoms with E-state index < -0.39 is 0 Å². The fraction of sp³-hybridized carbons (Fsp3) is 0.0667. The highest BCUT2D eigenvalue weighted by Gasteiger charge is 2.07. The third-order valence-electron chi connectivity index (χ3n) is 2.70. The van der Waals surface area contributed by atoms with Gasteiger partial charge in [-0.1, -0.05) is 17.8 Å². The maximum Gasteiger partial charge on any atom is 0.237 e. The number of amides is 1. The van der Waals surface area contributed by atoms with E-state index >= 15 is 0 Å². The second-order valence-corrected chi connectivity index (χ2v) is 5.28. The van der Waals surface area contributed by atoms with Crippen molar-refractivity contribution in [3.8, 4) is 11.4 Å². The number of pyridine rings is 1. The predicted molar refractivity (Wildman–Crippen MR) is 83.3 cm³/mol. The number of hydrogen-bond acceptors (Lipinski definition) is 6. The van der Waals surface area contributed by atoms with Gasteiger partial charge in [0.1, 0.15) is 10.7 Å². The Kier molecular flexibility index (Phi) is 4.45. The average molecular weight is 312 g/mol. The Morgan fingerprint density at radius 1 is 1.09 bits per heavy atom. The molecule has 0 spiro atoms. The van der Waals surface area contributed by atoms with Crippen molar-refractivity contribution in [3.63, 3.8) is 0 Å². The van der Waals surface area contributed by atoms with Gasteiger partial charge in [0.05, 0.1) is 17.7 Å². The van der Waals surface area contributed by atoms with Crippen LogP contribution in [0.5, 0.6) is 0 Å². The second-order valence-electron chi connectivity index (χ2n) is 4.29. The van der Waals surface area contributed by atoms with Gasteiger partial charge < -0.3 is 4.42 Å². The Balaban J connectivity index is 1.56. The second kappa shape index (κ2) is 6.86. The lowest BCUT2D eigenvalue weighted by atomic mass is 10.2. The molecule has 0 bridgehead atoms. The number of hydrogen-bond donors (Lipinski definition) is 1. The minimum Gasteiger partial charge on any atom is -0.449 e. The Morgan fingerprint density at radius 3 is 2.73 bits per heavy atom. The number of anilines is 1. The maximum absolute atomic E-state index is 11.7. The topological polar surface area (TPSA) is 80.9 Å². The quantitative estimate of drug-likeness (QED) is 0.730. The Hall–Kier alpha value is -2.67. The summed E-state index contributed by atoms with van der Waals surface area (Å²) in [5, 5.41) is 11.5. The van der Waals surface area contributed by atoms with Crippen LogP contribution in [0, 0.1) is 0 Å². The zero-order chi connectivity index (χ0) is 15.2. The largest absolute Gasteiger partial charge is 0.449 e. The van der Waals surface area contributed by atoms with Crippen molar-refractivity contribution in [1.29, 1.82) is 0 Å². The number of carbonyl (C=O) groups is 1. The fourth-order valence-electron chi connectivity index (χ4n) is 1.71.